The summed E-state index contributed by atoms with van der Waals surface area (Å²) in [5.74, 6) is -4.69. The van der Waals surface area contributed by atoms with Gasteiger partial charge in [0.05, 0.1) is 43.7 Å². The van der Waals surface area contributed by atoms with Crippen LogP contribution in [-0.4, -0.2) is 93.7 Å². The normalized spacial score (nSPS) is 21.6. The van der Waals surface area contributed by atoms with Gasteiger partial charge in [-0.2, -0.15) is 0 Å². The summed E-state index contributed by atoms with van der Waals surface area (Å²) in [7, 11) is -0.657. The summed E-state index contributed by atoms with van der Waals surface area (Å²) in [6.45, 7) is 8.23. The molecule has 15 nitrogen and oxygen atoms in total. The lowest BCUT2D eigenvalue weighted by Crippen LogP contribution is -2.52. The van der Waals surface area contributed by atoms with Crippen LogP contribution < -0.4 is 20.5 Å². The van der Waals surface area contributed by atoms with Gasteiger partial charge in [-0.05, 0) is 76.2 Å². The molecule has 0 unspecified atom stereocenters. The Balaban J connectivity index is 1.57. The van der Waals surface area contributed by atoms with Gasteiger partial charge >= 0.3 is 8.69 Å². The summed E-state index contributed by atoms with van der Waals surface area (Å²) in [5.41, 5.74) is 2.19. The number of rotatable bonds is 20. The van der Waals surface area contributed by atoms with Crippen molar-refractivity contribution in [1.29, 1.82) is 0 Å². The number of nitrogens with one attached hydrogen (secondary N) is 3. The monoisotopic (exact) mass is 881 g/mol. The van der Waals surface area contributed by atoms with Gasteiger partial charge in [0.25, 0.3) is 0 Å². The zero-order chi connectivity index (χ0) is 45.0. The van der Waals surface area contributed by atoms with E-state index in [9.17, 15) is 38.4 Å². The van der Waals surface area contributed by atoms with Crippen molar-refractivity contribution in [3.8, 4) is 0 Å². The summed E-state index contributed by atoms with van der Waals surface area (Å²) >= 11 is 0. The van der Waals surface area contributed by atoms with Gasteiger partial charge in [0, 0.05) is 39.3 Å². The standard InChI is InChI=1S/C46H69N6O9P/c1-32(2)25-39(48-46(59)41-20-16-24-52(41)34(4)54)42(55)27-36-26-37-29-50(31-51(37)23-14-8-6-5-7-10-17-35-18-11-9-12-19-35)22-15-13-21-47-45(58)38(33(3)61-62-60)28-43(56)40(30-53)49-44(36)57/h9,11-12,18-19,29,31-33,36,38-41,53H,5-8,10,13-17,20-28,30H2,1-4H3,(H2-,47,48,49,57,58,59)/p+1/t33-,36-,38+,39+,40+,41+/m1/s1. The zero-order valence-corrected chi connectivity index (χ0v) is 38.1. The topological polar surface area (TPSA) is 197 Å². The highest BCUT2D eigenvalue weighted by molar-refractivity contribution is 7.17. The molecule has 3 heterocycles. The molecule has 2 aliphatic rings. The largest absolute Gasteiger partial charge is 0.394 e. The van der Waals surface area contributed by atoms with Crippen LogP contribution in [0.4, 0.5) is 0 Å². The maximum absolute atomic E-state index is 14.4. The maximum Gasteiger partial charge on any atom is 0.327 e. The molecule has 1 fully saturated rings. The van der Waals surface area contributed by atoms with E-state index in [1.54, 1.807) is 0 Å². The molecule has 0 saturated carbocycles. The van der Waals surface area contributed by atoms with Gasteiger partial charge in [0.15, 0.2) is 11.6 Å². The first-order chi connectivity index (χ1) is 29.8. The van der Waals surface area contributed by atoms with E-state index in [1.807, 2.05) is 32.4 Å². The van der Waals surface area contributed by atoms with E-state index in [0.717, 1.165) is 57.1 Å². The lowest BCUT2D eigenvalue weighted by atomic mass is 9.89. The van der Waals surface area contributed by atoms with Crippen molar-refractivity contribution in [1.82, 2.24) is 25.4 Å². The van der Waals surface area contributed by atoms with Gasteiger partial charge in [-0.15, -0.1) is 0 Å². The van der Waals surface area contributed by atoms with E-state index in [0.29, 0.717) is 51.9 Å². The van der Waals surface area contributed by atoms with Crippen molar-refractivity contribution in [2.45, 2.75) is 161 Å². The number of unbranched alkanes of at least 4 members (excludes halogenated alkanes) is 5. The molecule has 4 amide bonds. The molecule has 0 spiro atoms. The Morgan fingerprint density at radius 2 is 1.69 bits per heavy atom. The van der Waals surface area contributed by atoms with Crippen LogP contribution in [0.25, 0.3) is 0 Å². The average Bonchev–Trinajstić information content (AvgIpc) is 3.89. The minimum atomic E-state index is -1.39. The van der Waals surface area contributed by atoms with Crippen LogP contribution in [0.1, 0.15) is 122 Å². The molecule has 4 rings (SSSR count). The third kappa shape index (κ3) is 16.1. The summed E-state index contributed by atoms with van der Waals surface area (Å²) in [6.07, 6.45) is 13.0. The fourth-order valence-corrected chi connectivity index (χ4v) is 8.86. The molecule has 0 radical (unpaired) electrons. The Hall–Kier alpha value is -4.33. The number of ketones is 2. The van der Waals surface area contributed by atoms with Crippen LogP contribution in [0.15, 0.2) is 42.9 Å². The van der Waals surface area contributed by atoms with E-state index in [1.165, 1.54) is 24.3 Å². The highest BCUT2D eigenvalue weighted by Gasteiger charge is 2.38. The van der Waals surface area contributed by atoms with Crippen LogP contribution in [0.3, 0.4) is 0 Å². The molecule has 1 aromatic carbocycles. The number of Topliss-reactive ketones (excluding diaryl/α,β-unsaturated/α-hetero) is 2. The Labute approximate surface area is 368 Å². The highest BCUT2D eigenvalue weighted by atomic mass is 31.1. The van der Waals surface area contributed by atoms with Crippen molar-refractivity contribution in [3.63, 3.8) is 0 Å². The number of hydrogen-bond acceptors (Lipinski definition) is 9. The highest BCUT2D eigenvalue weighted by Crippen LogP contribution is 2.23. The van der Waals surface area contributed by atoms with Crippen LogP contribution >= 0.6 is 8.69 Å². The number of aliphatic hydroxyl groups is 1. The molecule has 1 saturated heterocycles. The van der Waals surface area contributed by atoms with E-state index in [2.05, 4.69) is 49.4 Å². The van der Waals surface area contributed by atoms with Gasteiger partial charge in [0.2, 0.25) is 30.0 Å². The number of carbonyl (C=O) groups is 6. The fourth-order valence-electron chi connectivity index (χ4n) is 8.58. The van der Waals surface area contributed by atoms with Gasteiger partial charge in [-0.25, -0.2) is 13.7 Å². The summed E-state index contributed by atoms with van der Waals surface area (Å²) < 4.78 is 20.7. The molecule has 62 heavy (non-hydrogen) atoms. The predicted molar refractivity (Wildman–Crippen MR) is 234 cm³/mol. The number of benzene rings is 1. The van der Waals surface area contributed by atoms with E-state index < -0.39 is 81.3 Å². The summed E-state index contributed by atoms with van der Waals surface area (Å²) in [6, 6.07) is 7.52. The number of carbonyl (C=O) groups excluding carboxylic acids is 6. The summed E-state index contributed by atoms with van der Waals surface area (Å²) in [4.78, 5) is 83.1. The smallest absolute Gasteiger partial charge is 0.327 e. The second kappa shape index (κ2) is 26.3. The quantitative estimate of drug-likeness (QED) is 0.0836. The maximum atomic E-state index is 14.4. The lowest BCUT2D eigenvalue weighted by molar-refractivity contribution is -0.697. The molecule has 16 heteroatoms. The van der Waals surface area contributed by atoms with Gasteiger partial charge in [-0.3, -0.25) is 33.3 Å². The molecule has 2 bridgehead atoms. The molecule has 6 atom stereocenters. The van der Waals surface area contributed by atoms with Crippen molar-refractivity contribution >= 4 is 43.9 Å². The fraction of sp³-hybridized carbons (Fsp3) is 0.674. The minimum Gasteiger partial charge on any atom is -0.394 e. The first kappa shape index (κ1) is 50.3. The van der Waals surface area contributed by atoms with Gasteiger partial charge in [-0.1, -0.05) is 63.4 Å². The SMILES string of the molecule is CC(=O)N1CCC[C@H]1C(=O)N[C@@H](CC(C)C)C(=O)C[C@H]1Cc2c[n+](cn2CCCCCCCCc2ccccc2)CCCCNC(=O)[C@H]([C@@H](C)OP=O)CC(=O)[C@H](CO)NC1=O. The second-order valence-corrected chi connectivity index (χ2v) is 17.9. The molecule has 4 N–H and O–H groups in total. The number of imidazole rings is 1. The molecule has 342 valence electrons. The van der Waals surface area contributed by atoms with Crippen LogP contribution in [0.5, 0.6) is 0 Å². The van der Waals surface area contributed by atoms with Gasteiger partial charge < -0.3 is 26.0 Å². The van der Waals surface area contributed by atoms with E-state index in [-0.39, 0.29) is 30.4 Å². The third-order valence-electron chi connectivity index (χ3n) is 12.1. The van der Waals surface area contributed by atoms with Gasteiger partial charge in [0.1, 0.15) is 24.0 Å². The number of hydrogen-bond donors (Lipinski definition) is 4. The number of aliphatic hydroxyl groups excluding tert-OH is 1. The molecule has 0 aliphatic carbocycles. The van der Waals surface area contributed by atoms with E-state index >= 15 is 0 Å². The Kier molecular flexibility index (Phi) is 21.4. The lowest BCUT2D eigenvalue weighted by Gasteiger charge is -2.27. The first-order valence-corrected chi connectivity index (χ1v) is 23.5. The van der Waals surface area contributed by atoms with Crippen LogP contribution in [-0.2, 0) is 63.8 Å². The number of fused-ring (bicyclic) bond motifs is 2. The molecular weight excluding hydrogens is 812 g/mol. The van der Waals surface area contributed by atoms with Crippen LogP contribution in [0, 0.1) is 17.8 Å². The second-order valence-electron chi connectivity index (χ2n) is 17.6. The minimum absolute atomic E-state index is 0.0145. The number of amides is 4. The number of aromatic nitrogens is 2. The summed E-state index contributed by atoms with van der Waals surface area (Å²) in [5, 5.41) is 18.9. The Bertz CT molecular complexity index is 1790. The third-order valence-corrected chi connectivity index (χ3v) is 12.6. The van der Waals surface area contributed by atoms with Crippen molar-refractivity contribution < 1.29 is 47.5 Å². The van der Waals surface area contributed by atoms with Crippen molar-refractivity contribution in [2.75, 3.05) is 19.7 Å². The first-order valence-electron chi connectivity index (χ1n) is 22.7. The number of likely N-dealkylation sites (tertiary alicyclic amines) is 1. The van der Waals surface area contributed by atoms with Crippen LogP contribution in [0.2, 0.25) is 0 Å². The van der Waals surface area contributed by atoms with E-state index in [4.69, 9.17) is 4.52 Å². The molecule has 2 aromatic rings. The van der Waals surface area contributed by atoms with Crippen molar-refractivity contribution in [2.24, 2.45) is 17.8 Å². The zero-order valence-electron chi connectivity index (χ0n) is 37.2. The predicted octanol–water partition coefficient (Wildman–Crippen LogP) is 4.59. The Morgan fingerprint density at radius 1 is 0.968 bits per heavy atom. The number of nitrogens with zero attached hydrogens (tertiary/aromatic N) is 3. The number of aryl methyl sites for hydroxylation is 3. The Morgan fingerprint density at radius 3 is 2.39 bits per heavy atom. The molecule has 1 aromatic heterocycles. The molecular formula is C46H70N6O9P+. The van der Waals surface area contributed by atoms with Crippen molar-refractivity contribution in [3.05, 3.63) is 54.1 Å². The molecule has 2 aliphatic heterocycles. The average molecular weight is 882 g/mol.